The zero-order valence-corrected chi connectivity index (χ0v) is 11.3. The van der Waals surface area contributed by atoms with Gasteiger partial charge in [0.1, 0.15) is 0 Å². The minimum atomic E-state index is -0.152. The average molecular weight is 240 g/mol. The third kappa shape index (κ3) is 5.13. The van der Waals surface area contributed by atoms with Gasteiger partial charge in [-0.3, -0.25) is 0 Å². The number of aliphatic hydroxyl groups excluding tert-OH is 1. The number of hydrogen-bond donors (Lipinski definition) is 1. The molecule has 0 aliphatic carbocycles. The average Bonchev–Trinajstić information content (AvgIpc) is 2.76. The molecule has 0 saturated heterocycles. The van der Waals surface area contributed by atoms with E-state index in [1.165, 1.54) is 30.6 Å². The van der Waals surface area contributed by atoms with Crippen LogP contribution in [0.4, 0.5) is 0 Å². The van der Waals surface area contributed by atoms with Crippen LogP contribution in [0.3, 0.4) is 0 Å². The molecule has 0 radical (unpaired) electrons. The van der Waals surface area contributed by atoms with Crippen LogP contribution in [0.15, 0.2) is 17.5 Å². The van der Waals surface area contributed by atoms with Gasteiger partial charge in [-0.15, -0.1) is 11.3 Å². The first-order valence-corrected chi connectivity index (χ1v) is 7.34. The zero-order chi connectivity index (χ0) is 11.8. The molecule has 16 heavy (non-hydrogen) atoms. The molecule has 1 aromatic heterocycles. The van der Waals surface area contributed by atoms with Gasteiger partial charge in [0.25, 0.3) is 0 Å². The first-order chi connectivity index (χ1) is 7.76. The summed E-state index contributed by atoms with van der Waals surface area (Å²) in [5, 5.41) is 12.1. The van der Waals surface area contributed by atoms with Crippen molar-refractivity contribution in [2.24, 2.45) is 5.92 Å². The van der Waals surface area contributed by atoms with E-state index in [0.29, 0.717) is 5.92 Å². The second-order valence-corrected chi connectivity index (χ2v) is 5.62. The Hall–Kier alpha value is -0.340. The van der Waals surface area contributed by atoms with Crippen molar-refractivity contribution >= 4 is 11.3 Å². The molecule has 2 heteroatoms. The molecule has 0 fully saturated rings. The summed E-state index contributed by atoms with van der Waals surface area (Å²) >= 11 is 1.74. The second kappa shape index (κ2) is 7.86. The molecule has 0 saturated carbocycles. The van der Waals surface area contributed by atoms with Crippen molar-refractivity contribution in [3.05, 3.63) is 22.4 Å². The van der Waals surface area contributed by atoms with Crippen LogP contribution in [0.2, 0.25) is 0 Å². The quantitative estimate of drug-likeness (QED) is 0.720. The van der Waals surface area contributed by atoms with E-state index in [9.17, 15) is 5.11 Å². The second-order valence-electron chi connectivity index (χ2n) is 4.59. The van der Waals surface area contributed by atoms with E-state index in [2.05, 4.69) is 31.4 Å². The number of unbranched alkanes of at least 4 members (excludes halogenated alkanes) is 1. The smallest absolute Gasteiger partial charge is 0.0591 e. The predicted octanol–water partition coefficient (Wildman–Crippen LogP) is 4.26. The third-order valence-electron chi connectivity index (χ3n) is 3.17. The number of hydrogen-bond acceptors (Lipinski definition) is 2. The zero-order valence-electron chi connectivity index (χ0n) is 10.5. The maximum atomic E-state index is 10.0. The molecule has 2 atom stereocenters. The minimum Gasteiger partial charge on any atom is -0.393 e. The van der Waals surface area contributed by atoms with Gasteiger partial charge in [0.15, 0.2) is 0 Å². The summed E-state index contributed by atoms with van der Waals surface area (Å²) in [6.07, 6.45) is 6.67. The Bertz CT molecular complexity index is 256. The molecule has 92 valence electrons. The standard InChI is InChI=1S/C14H24OS/c1-3-5-7-12(4-2)10-13(15)11-14-8-6-9-16-14/h6,8-9,12-13,15H,3-5,7,10-11H2,1-2H3. The van der Waals surface area contributed by atoms with Crippen molar-refractivity contribution < 1.29 is 5.11 Å². The van der Waals surface area contributed by atoms with Crippen molar-refractivity contribution in [1.82, 2.24) is 0 Å². The van der Waals surface area contributed by atoms with Crippen LogP contribution in [0.5, 0.6) is 0 Å². The lowest BCUT2D eigenvalue weighted by Gasteiger charge is -2.18. The molecule has 1 nitrogen and oxygen atoms in total. The summed E-state index contributed by atoms with van der Waals surface area (Å²) in [6.45, 7) is 4.47. The summed E-state index contributed by atoms with van der Waals surface area (Å²) in [4.78, 5) is 1.30. The molecule has 0 aliphatic rings. The molecule has 1 rings (SSSR count). The van der Waals surface area contributed by atoms with E-state index in [0.717, 1.165) is 12.8 Å². The first kappa shape index (κ1) is 13.7. The van der Waals surface area contributed by atoms with Gasteiger partial charge in [0.05, 0.1) is 6.10 Å². The SMILES string of the molecule is CCCCC(CC)CC(O)Cc1cccs1. The van der Waals surface area contributed by atoms with Crippen LogP contribution in [0, 0.1) is 5.92 Å². The Balaban J connectivity index is 2.28. The molecular formula is C14H24OS. The summed E-state index contributed by atoms with van der Waals surface area (Å²) in [6, 6.07) is 4.17. The highest BCUT2D eigenvalue weighted by Crippen LogP contribution is 2.21. The summed E-state index contributed by atoms with van der Waals surface area (Å²) in [5.74, 6) is 0.704. The molecule has 1 aromatic rings. The van der Waals surface area contributed by atoms with Gasteiger partial charge in [-0.05, 0) is 23.8 Å². The summed E-state index contributed by atoms with van der Waals surface area (Å²) in [7, 11) is 0. The van der Waals surface area contributed by atoms with E-state index in [1.807, 2.05) is 0 Å². The fraction of sp³-hybridized carbons (Fsp3) is 0.714. The van der Waals surface area contributed by atoms with Gasteiger partial charge in [-0.1, -0.05) is 45.6 Å². The van der Waals surface area contributed by atoms with E-state index in [-0.39, 0.29) is 6.10 Å². The highest BCUT2D eigenvalue weighted by Gasteiger charge is 2.13. The van der Waals surface area contributed by atoms with E-state index in [1.54, 1.807) is 11.3 Å². The van der Waals surface area contributed by atoms with Crippen molar-refractivity contribution in [2.45, 2.75) is 58.5 Å². The molecule has 0 aromatic carbocycles. The normalized spacial score (nSPS) is 14.9. The molecule has 0 bridgehead atoms. The Morgan fingerprint density at radius 1 is 1.38 bits per heavy atom. The Morgan fingerprint density at radius 2 is 2.19 bits per heavy atom. The Kier molecular flexibility index (Phi) is 6.74. The number of aliphatic hydroxyl groups is 1. The predicted molar refractivity (Wildman–Crippen MR) is 72.0 cm³/mol. The van der Waals surface area contributed by atoms with Gasteiger partial charge >= 0.3 is 0 Å². The molecule has 0 aliphatic heterocycles. The number of thiophene rings is 1. The van der Waals surface area contributed by atoms with E-state index in [4.69, 9.17) is 0 Å². The Labute approximate surface area is 104 Å². The summed E-state index contributed by atoms with van der Waals surface area (Å²) < 4.78 is 0. The van der Waals surface area contributed by atoms with Gasteiger partial charge < -0.3 is 5.11 Å². The first-order valence-electron chi connectivity index (χ1n) is 6.46. The van der Waals surface area contributed by atoms with Crippen molar-refractivity contribution in [3.8, 4) is 0 Å². The molecular weight excluding hydrogens is 216 g/mol. The van der Waals surface area contributed by atoms with Crippen LogP contribution in [-0.2, 0) is 6.42 Å². The van der Waals surface area contributed by atoms with E-state index >= 15 is 0 Å². The molecule has 1 heterocycles. The van der Waals surface area contributed by atoms with Crippen molar-refractivity contribution in [2.75, 3.05) is 0 Å². The van der Waals surface area contributed by atoms with Crippen LogP contribution in [0.25, 0.3) is 0 Å². The lowest BCUT2D eigenvalue weighted by Crippen LogP contribution is -2.15. The third-order valence-corrected chi connectivity index (χ3v) is 4.06. The minimum absolute atomic E-state index is 0.152. The maximum absolute atomic E-state index is 10.0. The topological polar surface area (TPSA) is 20.2 Å². The molecule has 1 N–H and O–H groups in total. The fourth-order valence-electron chi connectivity index (χ4n) is 2.11. The molecule has 0 spiro atoms. The van der Waals surface area contributed by atoms with Gasteiger partial charge in [-0.25, -0.2) is 0 Å². The van der Waals surface area contributed by atoms with Crippen LogP contribution in [0.1, 0.15) is 50.8 Å². The summed E-state index contributed by atoms with van der Waals surface area (Å²) in [5.41, 5.74) is 0. The van der Waals surface area contributed by atoms with Gasteiger partial charge in [-0.2, -0.15) is 0 Å². The van der Waals surface area contributed by atoms with Crippen LogP contribution < -0.4 is 0 Å². The van der Waals surface area contributed by atoms with Gasteiger partial charge in [0, 0.05) is 11.3 Å². The maximum Gasteiger partial charge on any atom is 0.0591 e. The highest BCUT2D eigenvalue weighted by atomic mass is 32.1. The lowest BCUT2D eigenvalue weighted by atomic mass is 9.92. The largest absolute Gasteiger partial charge is 0.393 e. The van der Waals surface area contributed by atoms with E-state index < -0.39 is 0 Å². The van der Waals surface area contributed by atoms with Gasteiger partial charge in [0.2, 0.25) is 0 Å². The van der Waals surface area contributed by atoms with Crippen LogP contribution >= 0.6 is 11.3 Å². The van der Waals surface area contributed by atoms with Crippen molar-refractivity contribution in [3.63, 3.8) is 0 Å². The van der Waals surface area contributed by atoms with Crippen molar-refractivity contribution in [1.29, 1.82) is 0 Å². The van der Waals surface area contributed by atoms with Crippen LogP contribution in [-0.4, -0.2) is 11.2 Å². The Morgan fingerprint density at radius 3 is 2.75 bits per heavy atom. The highest BCUT2D eigenvalue weighted by molar-refractivity contribution is 7.09. The molecule has 0 amide bonds. The number of rotatable bonds is 8. The fourth-order valence-corrected chi connectivity index (χ4v) is 2.89. The lowest BCUT2D eigenvalue weighted by molar-refractivity contribution is 0.138. The molecule has 2 unspecified atom stereocenters. The monoisotopic (exact) mass is 240 g/mol.